The van der Waals surface area contributed by atoms with Crippen molar-refractivity contribution >= 4 is 17.5 Å². The third-order valence-corrected chi connectivity index (χ3v) is 5.28. The third-order valence-electron chi connectivity index (χ3n) is 5.28. The van der Waals surface area contributed by atoms with E-state index in [1.807, 2.05) is 48.2 Å². The molecule has 0 N–H and O–H groups in total. The number of nitrogens with zero attached hydrogens (tertiary/aromatic N) is 5. The van der Waals surface area contributed by atoms with Gasteiger partial charge in [-0.1, -0.05) is 12.1 Å². The smallest absolute Gasteiger partial charge is 0.257 e. The molecule has 2 saturated heterocycles. The van der Waals surface area contributed by atoms with Gasteiger partial charge in [0.15, 0.2) is 11.6 Å². The molecule has 3 heterocycles. The Morgan fingerprint density at radius 2 is 1.55 bits per heavy atom. The van der Waals surface area contributed by atoms with E-state index in [0.29, 0.717) is 31.0 Å². The molecule has 0 radical (unpaired) electrons. The summed E-state index contributed by atoms with van der Waals surface area (Å²) in [5, 5.41) is 8.81. The van der Waals surface area contributed by atoms with E-state index in [-0.39, 0.29) is 5.91 Å². The lowest BCUT2D eigenvalue weighted by molar-refractivity contribution is 0.0742. The number of piperazine rings is 1. The van der Waals surface area contributed by atoms with E-state index < -0.39 is 0 Å². The molecule has 1 aromatic heterocycles. The molecule has 2 aromatic rings. The molecule has 0 unspecified atom stereocenters. The van der Waals surface area contributed by atoms with Crippen LogP contribution in [-0.2, 0) is 4.74 Å². The Bertz CT molecular complexity index is 815. The van der Waals surface area contributed by atoms with Crippen molar-refractivity contribution in [3.05, 3.63) is 42.0 Å². The van der Waals surface area contributed by atoms with Crippen LogP contribution in [0, 0.1) is 0 Å². The number of hydrogen-bond donors (Lipinski definition) is 0. The van der Waals surface area contributed by atoms with Gasteiger partial charge < -0.3 is 24.2 Å². The quantitative estimate of drug-likeness (QED) is 0.760. The maximum absolute atomic E-state index is 12.9. The van der Waals surface area contributed by atoms with Crippen molar-refractivity contribution in [2.45, 2.75) is 6.92 Å². The van der Waals surface area contributed by atoms with Crippen LogP contribution in [0.4, 0.5) is 11.6 Å². The molecule has 1 amide bonds. The van der Waals surface area contributed by atoms with E-state index in [1.165, 1.54) is 0 Å². The SMILES string of the molecule is CCOc1ccccc1C(=O)N1CCN(c2ccc(N3CCOCC3)nn2)CC1. The average molecular weight is 397 g/mol. The minimum absolute atomic E-state index is 0.0162. The first-order valence-corrected chi connectivity index (χ1v) is 10.2. The summed E-state index contributed by atoms with van der Waals surface area (Å²) < 4.78 is 11.0. The maximum atomic E-state index is 12.9. The highest BCUT2D eigenvalue weighted by molar-refractivity contribution is 5.97. The normalized spacial score (nSPS) is 17.3. The summed E-state index contributed by atoms with van der Waals surface area (Å²) in [6.45, 7) is 8.36. The molecule has 154 valence electrons. The predicted octanol–water partition coefficient (Wildman–Crippen LogP) is 1.67. The van der Waals surface area contributed by atoms with Crippen molar-refractivity contribution in [1.82, 2.24) is 15.1 Å². The van der Waals surface area contributed by atoms with Gasteiger partial charge in [-0.3, -0.25) is 4.79 Å². The second-order valence-electron chi connectivity index (χ2n) is 7.06. The molecule has 2 aliphatic heterocycles. The molecule has 0 atom stereocenters. The fraction of sp³-hybridized carbons (Fsp3) is 0.476. The van der Waals surface area contributed by atoms with Crippen LogP contribution in [-0.4, -0.2) is 80.1 Å². The van der Waals surface area contributed by atoms with Crippen LogP contribution < -0.4 is 14.5 Å². The van der Waals surface area contributed by atoms with Crippen LogP contribution >= 0.6 is 0 Å². The molecule has 2 aliphatic rings. The second kappa shape index (κ2) is 9.09. The Balaban J connectivity index is 1.36. The summed E-state index contributed by atoms with van der Waals surface area (Å²) in [6.07, 6.45) is 0. The van der Waals surface area contributed by atoms with Crippen LogP contribution in [0.25, 0.3) is 0 Å². The van der Waals surface area contributed by atoms with Crippen LogP contribution in [0.3, 0.4) is 0 Å². The van der Waals surface area contributed by atoms with Gasteiger partial charge in [0.25, 0.3) is 5.91 Å². The summed E-state index contributed by atoms with van der Waals surface area (Å²) in [5.74, 6) is 2.40. The molecule has 0 saturated carbocycles. The number of benzene rings is 1. The zero-order chi connectivity index (χ0) is 20.1. The number of aromatic nitrogens is 2. The Morgan fingerprint density at radius 1 is 0.931 bits per heavy atom. The zero-order valence-corrected chi connectivity index (χ0v) is 16.8. The van der Waals surface area contributed by atoms with Crippen molar-refractivity contribution in [3.63, 3.8) is 0 Å². The average Bonchev–Trinajstić information content (AvgIpc) is 2.80. The van der Waals surface area contributed by atoms with E-state index in [0.717, 1.165) is 51.0 Å². The van der Waals surface area contributed by atoms with Crippen LogP contribution in [0.5, 0.6) is 5.75 Å². The fourth-order valence-electron chi connectivity index (χ4n) is 3.68. The first-order valence-electron chi connectivity index (χ1n) is 10.2. The second-order valence-corrected chi connectivity index (χ2v) is 7.06. The van der Waals surface area contributed by atoms with E-state index in [2.05, 4.69) is 20.0 Å². The number of ether oxygens (including phenoxy) is 2. The molecule has 1 aromatic carbocycles. The van der Waals surface area contributed by atoms with Gasteiger partial charge in [0, 0.05) is 39.3 Å². The summed E-state index contributed by atoms with van der Waals surface area (Å²) in [5.41, 5.74) is 0.623. The lowest BCUT2D eigenvalue weighted by atomic mass is 10.1. The van der Waals surface area contributed by atoms with Gasteiger partial charge in [-0.2, -0.15) is 0 Å². The molecule has 8 heteroatoms. The number of hydrogen-bond acceptors (Lipinski definition) is 7. The van der Waals surface area contributed by atoms with Gasteiger partial charge in [-0.05, 0) is 31.2 Å². The number of carbonyl (C=O) groups is 1. The first-order chi connectivity index (χ1) is 14.3. The number of amides is 1. The Hall–Kier alpha value is -2.87. The molecule has 29 heavy (non-hydrogen) atoms. The Kier molecular flexibility index (Phi) is 6.09. The van der Waals surface area contributed by atoms with Crippen molar-refractivity contribution in [3.8, 4) is 5.75 Å². The molecular formula is C21H27N5O3. The molecule has 0 bridgehead atoms. The zero-order valence-electron chi connectivity index (χ0n) is 16.8. The van der Waals surface area contributed by atoms with E-state index in [1.54, 1.807) is 0 Å². The van der Waals surface area contributed by atoms with Gasteiger partial charge in [0.1, 0.15) is 5.75 Å². The van der Waals surface area contributed by atoms with Gasteiger partial charge in [-0.15, -0.1) is 10.2 Å². The molecule has 0 spiro atoms. The number of para-hydroxylation sites is 1. The van der Waals surface area contributed by atoms with E-state index in [9.17, 15) is 4.79 Å². The summed E-state index contributed by atoms with van der Waals surface area (Å²) >= 11 is 0. The number of morpholine rings is 1. The Labute approximate surface area is 171 Å². The predicted molar refractivity (Wildman–Crippen MR) is 111 cm³/mol. The molecule has 4 rings (SSSR count). The van der Waals surface area contributed by atoms with E-state index >= 15 is 0 Å². The van der Waals surface area contributed by atoms with Gasteiger partial charge in [-0.25, -0.2) is 0 Å². The summed E-state index contributed by atoms with van der Waals surface area (Å²) in [6, 6.07) is 11.5. The minimum Gasteiger partial charge on any atom is -0.493 e. The first kappa shape index (κ1) is 19.4. The highest BCUT2D eigenvalue weighted by atomic mass is 16.5. The largest absolute Gasteiger partial charge is 0.493 e. The lowest BCUT2D eigenvalue weighted by Crippen LogP contribution is -2.49. The molecule has 0 aliphatic carbocycles. The topological polar surface area (TPSA) is 71.0 Å². The molecule has 2 fully saturated rings. The van der Waals surface area contributed by atoms with Crippen molar-refractivity contribution < 1.29 is 14.3 Å². The number of carbonyl (C=O) groups excluding carboxylic acids is 1. The fourth-order valence-corrected chi connectivity index (χ4v) is 3.68. The van der Waals surface area contributed by atoms with Crippen LogP contribution in [0.2, 0.25) is 0 Å². The minimum atomic E-state index is 0.0162. The highest BCUT2D eigenvalue weighted by Crippen LogP contribution is 2.22. The van der Waals surface area contributed by atoms with Crippen molar-refractivity contribution in [1.29, 1.82) is 0 Å². The summed E-state index contributed by atoms with van der Waals surface area (Å²) in [7, 11) is 0. The van der Waals surface area contributed by atoms with E-state index in [4.69, 9.17) is 9.47 Å². The Morgan fingerprint density at radius 3 is 2.17 bits per heavy atom. The van der Waals surface area contributed by atoms with Gasteiger partial charge >= 0.3 is 0 Å². The summed E-state index contributed by atoms with van der Waals surface area (Å²) in [4.78, 5) is 19.2. The van der Waals surface area contributed by atoms with Crippen LogP contribution in [0.1, 0.15) is 17.3 Å². The number of anilines is 2. The van der Waals surface area contributed by atoms with Crippen molar-refractivity contribution in [2.24, 2.45) is 0 Å². The van der Waals surface area contributed by atoms with Crippen LogP contribution in [0.15, 0.2) is 36.4 Å². The van der Waals surface area contributed by atoms with Crippen molar-refractivity contribution in [2.75, 3.05) is 68.9 Å². The molecule has 8 nitrogen and oxygen atoms in total. The monoisotopic (exact) mass is 397 g/mol. The standard InChI is InChI=1S/C21H27N5O3/c1-2-29-18-6-4-3-5-17(18)21(27)26-11-9-24(10-12-26)19-7-8-20(23-22-19)25-13-15-28-16-14-25/h3-8H,2,9-16H2,1H3. The molecular weight excluding hydrogens is 370 g/mol. The third kappa shape index (κ3) is 4.42. The lowest BCUT2D eigenvalue weighted by Gasteiger charge is -2.35. The van der Waals surface area contributed by atoms with Gasteiger partial charge in [0.05, 0.1) is 25.4 Å². The number of rotatable bonds is 5. The maximum Gasteiger partial charge on any atom is 0.257 e. The highest BCUT2D eigenvalue weighted by Gasteiger charge is 2.25. The van der Waals surface area contributed by atoms with Gasteiger partial charge in [0.2, 0.25) is 0 Å².